The summed E-state index contributed by atoms with van der Waals surface area (Å²) in [6.07, 6.45) is 1.40. The third-order valence-corrected chi connectivity index (χ3v) is 7.35. The number of anilines is 3. The Morgan fingerprint density at radius 2 is 1.81 bits per heavy atom. The Hall–Kier alpha value is -2.78. The maximum Gasteiger partial charge on any atom is 0.240 e. The van der Waals surface area contributed by atoms with E-state index in [1.807, 2.05) is 32.9 Å². The average molecular weight is 445 g/mol. The van der Waals surface area contributed by atoms with Crippen LogP contribution < -0.4 is 25.4 Å². The van der Waals surface area contributed by atoms with Crippen LogP contribution in [0.1, 0.15) is 50.9 Å². The first-order valence-corrected chi connectivity index (χ1v) is 11.9. The summed E-state index contributed by atoms with van der Waals surface area (Å²) in [5, 5.41) is 9.74. The quantitative estimate of drug-likeness (QED) is 0.487. The molecule has 2 aromatic rings. The van der Waals surface area contributed by atoms with Crippen LogP contribution in [0.2, 0.25) is 0 Å². The number of rotatable bonds is 7. The highest BCUT2D eigenvalue weighted by atomic mass is 32.2. The number of amides is 1. The molecule has 2 aliphatic rings. The largest absolute Gasteiger partial charge is 0.496 e. The molecule has 2 heterocycles. The fourth-order valence-electron chi connectivity index (χ4n) is 3.93. The molecule has 0 bridgehead atoms. The highest BCUT2D eigenvalue weighted by molar-refractivity contribution is 7.89. The summed E-state index contributed by atoms with van der Waals surface area (Å²) in [5.74, 6) is 0.450. The van der Waals surface area contributed by atoms with Crippen LogP contribution in [0.4, 0.5) is 17.1 Å². The molecule has 0 saturated heterocycles. The maximum atomic E-state index is 12.6. The minimum Gasteiger partial charge on any atom is -0.496 e. The predicted octanol–water partition coefficient (Wildman–Crippen LogP) is 3.54. The van der Waals surface area contributed by atoms with Gasteiger partial charge < -0.3 is 20.7 Å². The Morgan fingerprint density at radius 3 is 2.48 bits per heavy atom. The third kappa shape index (κ3) is 3.72. The number of ether oxygens (including phenoxy) is 1. The Balaban J connectivity index is 1.60. The first kappa shape index (κ1) is 21.5. The predicted molar refractivity (Wildman–Crippen MR) is 121 cm³/mol. The van der Waals surface area contributed by atoms with E-state index in [0.717, 1.165) is 41.0 Å². The number of unbranched alkanes of at least 4 members (excludes halogenated alkanes) is 1. The van der Waals surface area contributed by atoms with Crippen molar-refractivity contribution in [1.82, 2.24) is 4.72 Å². The topological polar surface area (TPSA) is 109 Å². The van der Waals surface area contributed by atoms with Crippen LogP contribution in [-0.2, 0) is 20.2 Å². The average Bonchev–Trinajstić information content (AvgIpc) is 3.24. The molecule has 4 N–H and O–H groups in total. The van der Waals surface area contributed by atoms with Gasteiger partial charge in [-0.3, -0.25) is 4.79 Å². The van der Waals surface area contributed by atoms with Crippen molar-refractivity contribution < 1.29 is 17.9 Å². The number of carbonyl (C=O) groups excluding carboxylic acids is 1. The maximum absolute atomic E-state index is 12.6. The number of benzene rings is 2. The Labute approximate surface area is 182 Å². The van der Waals surface area contributed by atoms with Crippen molar-refractivity contribution in [3.05, 3.63) is 41.5 Å². The van der Waals surface area contributed by atoms with E-state index in [9.17, 15) is 13.2 Å². The molecule has 8 nitrogen and oxygen atoms in total. The Morgan fingerprint density at radius 1 is 1.10 bits per heavy atom. The van der Waals surface area contributed by atoms with Crippen LogP contribution in [0.15, 0.2) is 35.2 Å². The van der Waals surface area contributed by atoms with Gasteiger partial charge in [0, 0.05) is 23.9 Å². The van der Waals surface area contributed by atoms with Gasteiger partial charge in [0.25, 0.3) is 0 Å². The second kappa shape index (κ2) is 7.72. The number of carbonyl (C=O) groups is 1. The lowest BCUT2D eigenvalue weighted by Gasteiger charge is -2.18. The fourth-order valence-corrected chi connectivity index (χ4v) is 5.02. The van der Waals surface area contributed by atoms with Gasteiger partial charge >= 0.3 is 0 Å². The van der Waals surface area contributed by atoms with Crippen LogP contribution >= 0.6 is 0 Å². The molecule has 31 heavy (non-hydrogen) atoms. The first-order chi connectivity index (χ1) is 14.7. The summed E-state index contributed by atoms with van der Waals surface area (Å²) < 4.78 is 33.2. The normalized spacial score (nSPS) is 18.6. The van der Waals surface area contributed by atoms with E-state index in [1.165, 1.54) is 7.11 Å². The summed E-state index contributed by atoms with van der Waals surface area (Å²) in [7, 11) is -2.07. The number of fused-ring (bicyclic) bond motifs is 2. The van der Waals surface area contributed by atoms with Crippen LogP contribution in [0.25, 0.3) is 0 Å². The van der Waals surface area contributed by atoms with Gasteiger partial charge in [-0.25, -0.2) is 13.1 Å². The Kier molecular flexibility index (Phi) is 5.35. The molecule has 0 spiro atoms. The Bertz CT molecular complexity index is 1140. The summed E-state index contributed by atoms with van der Waals surface area (Å²) in [6, 6.07) is 8.79. The van der Waals surface area contributed by atoms with Crippen LogP contribution in [0.5, 0.6) is 5.75 Å². The molecule has 0 aliphatic carbocycles. The molecule has 1 atom stereocenters. The fraction of sp³-hybridized carbons (Fsp3) is 0.409. The van der Waals surface area contributed by atoms with E-state index >= 15 is 0 Å². The van der Waals surface area contributed by atoms with Gasteiger partial charge in [-0.15, -0.1) is 0 Å². The minimum absolute atomic E-state index is 0.0197. The van der Waals surface area contributed by atoms with Crippen molar-refractivity contribution in [2.45, 2.75) is 50.1 Å². The molecule has 0 fully saturated rings. The van der Waals surface area contributed by atoms with Crippen LogP contribution in [0.3, 0.4) is 0 Å². The smallest absolute Gasteiger partial charge is 0.240 e. The third-order valence-electron chi connectivity index (χ3n) is 5.90. The van der Waals surface area contributed by atoms with E-state index in [0.29, 0.717) is 12.3 Å². The van der Waals surface area contributed by atoms with E-state index in [2.05, 4.69) is 20.7 Å². The zero-order chi connectivity index (χ0) is 22.4. The second-order valence-corrected chi connectivity index (χ2v) is 10.2. The lowest BCUT2D eigenvalue weighted by molar-refractivity contribution is -0.119. The molecule has 0 saturated carbocycles. The van der Waals surface area contributed by atoms with Gasteiger partial charge in [0.05, 0.1) is 28.8 Å². The lowest BCUT2D eigenvalue weighted by atomic mass is 9.86. The van der Waals surface area contributed by atoms with Gasteiger partial charge in [0.1, 0.15) is 11.9 Å². The van der Waals surface area contributed by atoms with Crippen molar-refractivity contribution in [1.29, 1.82) is 0 Å². The van der Waals surface area contributed by atoms with Crippen molar-refractivity contribution in [2.24, 2.45) is 0 Å². The molecule has 0 aromatic heterocycles. The van der Waals surface area contributed by atoms with E-state index in [1.54, 1.807) is 18.2 Å². The zero-order valence-corrected chi connectivity index (χ0v) is 18.9. The number of hydrogen-bond acceptors (Lipinski definition) is 6. The molecule has 4 rings (SSSR count). The molecule has 2 aromatic carbocycles. The summed E-state index contributed by atoms with van der Waals surface area (Å²) in [6.45, 7) is 6.21. The van der Waals surface area contributed by atoms with Gasteiger partial charge in [-0.05, 0) is 44.0 Å². The van der Waals surface area contributed by atoms with Crippen molar-refractivity contribution in [3.8, 4) is 5.75 Å². The standard InChI is InChI=1S/C22H28N4O4S/c1-5-6-9-23-31(28,29)13-7-8-14(19(10-13)30-4)20-24-17-11-15-16(12-18(17)25-20)26-21(27)22(15,2)3/h7-8,10-12,20,23-25H,5-6,9H2,1-4H3,(H,26,27). The molecule has 1 amide bonds. The number of nitrogens with one attached hydrogen (secondary N) is 4. The summed E-state index contributed by atoms with van der Waals surface area (Å²) in [4.78, 5) is 12.4. The number of hydrogen-bond donors (Lipinski definition) is 4. The first-order valence-electron chi connectivity index (χ1n) is 10.4. The lowest BCUT2D eigenvalue weighted by Crippen LogP contribution is -2.26. The molecule has 0 radical (unpaired) electrons. The molecular formula is C22H28N4O4S. The van der Waals surface area contributed by atoms with Crippen molar-refractivity contribution in [3.63, 3.8) is 0 Å². The monoisotopic (exact) mass is 444 g/mol. The van der Waals surface area contributed by atoms with Gasteiger partial charge in [0.2, 0.25) is 15.9 Å². The number of methoxy groups -OCH3 is 1. The van der Waals surface area contributed by atoms with Crippen molar-refractivity contribution >= 4 is 33.0 Å². The van der Waals surface area contributed by atoms with E-state index < -0.39 is 15.4 Å². The van der Waals surface area contributed by atoms with E-state index in [-0.39, 0.29) is 17.0 Å². The zero-order valence-electron chi connectivity index (χ0n) is 18.1. The van der Waals surface area contributed by atoms with E-state index in [4.69, 9.17) is 4.74 Å². The van der Waals surface area contributed by atoms with Crippen molar-refractivity contribution in [2.75, 3.05) is 29.6 Å². The highest BCUT2D eigenvalue weighted by Crippen LogP contribution is 2.46. The highest BCUT2D eigenvalue weighted by Gasteiger charge is 2.40. The number of sulfonamides is 1. The van der Waals surface area contributed by atoms with Gasteiger partial charge in [-0.2, -0.15) is 0 Å². The molecule has 1 unspecified atom stereocenters. The van der Waals surface area contributed by atoms with Crippen LogP contribution in [0, 0.1) is 0 Å². The summed E-state index contributed by atoms with van der Waals surface area (Å²) >= 11 is 0. The minimum atomic E-state index is -3.60. The molecule has 2 aliphatic heterocycles. The SMILES string of the molecule is CCCCNS(=O)(=O)c1ccc(C2Nc3cc4c(cc3N2)C(C)(C)C(=O)N4)c(OC)c1. The van der Waals surface area contributed by atoms with Gasteiger partial charge in [0.15, 0.2) is 0 Å². The molecule has 166 valence electrons. The second-order valence-electron chi connectivity index (χ2n) is 8.40. The molecular weight excluding hydrogens is 416 g/mol. The van der Waals surface area contributed by atoms with Gasteiger partial charge in [-0.1, -0.05) is 19.4 Å². The molecule has 9 heteroatoms. The van der Waals surface area contributed by atoms with Crippen LogP contribution in [-0.4, -0.2) is 28.0 Å². The summed E-state index contributed by atoms with van der Waals surface area (Å²) in [5.41, 5.74) is 3.68.